The fourth-order valence-electron chi connectivity index (χ4n) is 4.69. The van der Waals surface area contributed by atoms with Crippen LogP contribution in [0, 0.1) is 17.8 Å². The Morgan fingerprint density at radius 2 is 1.92 bits per heavy atom. The molecule has 1 aromatic rings. The number of halogens is 1. The first-order valence-corrected chi connectivity index (χ1v) is 10.5. The SMILES string of the molecule is Cl.NC1C2CCC(C2)C1C(=O)N1CCN(S(=O)(=O)Cc2ccon2)CC1. The van der Waals surface area contributed by atoms with Gasteiger partial charge in [-0.3, -0.25) is 4.79 Å². The molecule has 1 amide bonds. The molecule has 0 spiro atoms. The van der Waals surface area contributed by atoms with E-state index in [2.05, 4.69) is 9.68 Å². The third-order valence-corrected chi connectivity index (χ3v) is 7.84. The lowest BCUT2D eigenvalue weighted by atomic mass is 9.84. The molecule has 3 aliphatic rings. The van der Waals surface area contributed by atoms with Crippen LogP contribution in [0.25, 0.3) is 0 Å². The van der Waals surface area contributed by atoms with Gasteiger partial charge in [-0.25, -0.2) is 8.42 Å². The van der Waals surface area contributed by atoms with E-state index in [4.69, 9.17) is 5.73 Å². The summed E-state index contributed by atoms with van der Waals surface area (Å²) in [5, 5.41) is 3.66. The van der Waals surface area contributed by atoms with Gasteiger partial charge in [0.2, 0.25) is 15.9 Å². The summed E-state index contributed by atoms with van der Waals surface area (Å²) in [6.45, 7) is 1.50. The summed E-state index contributed by atoms with van der Waals surface area (Å²) >= 11 is 0. The Labute approximate surface area is 159 Å². The Balaban J connectivity index is 0.00000196. The lowest BCUT2D eigenvalue weighted by molar-refractivity contribution is -0.139. The summed E-state index contributed by atoms with van der Waals surface area (Å²) in [5.74, 6) is 0.782. The lowest BCUT2D eigenvalue weighted by Gasteiger charge is -2.37. The van der Waals surface area contributed by atoms with E-state index in [1.165, 1.54) is 10.6 Å². The number of rotatable bonds is 4. The molecule has 2 N–H and O–H groups in total. The van der Waals surface area contributed by atoms with E-state index in [-0.39, 0.29) is 36.0 Å². The summed E-state index contributed by atoms with van der Waals surface area (Å²) in [7, 11) is -3.45. The summed E-state index contributed by atoms with van der Waals surface area (Å²) in [6, 6.07) is 1.52. The molecule has 0 aromatic carbocycles. The fourth-order valence-corrected chi connectivity index (χ4v) is 6.11. The lowest BCUT2D eigenvalue weighted by Crippen LogP contribution is -2.54. The molecule has 3 fully saturated rings. The van der Waals surface area contributed by atoms with Crippen molar-refractivity contribution in [3.05, 3.63) is 18.0 Å². The zero-order valence-electron chi connectivity index (χ0n) is 14.5. The van der Waals surface area contributed by atoms with Crippen molar-refractivity contribution in [3.63, 3.8) is 0 Å². The maximum Gasteiger partial charge on any atom is 0.227 e. The number of carbonyl (C=O) groups excluding carboxylic acids is 1. The number of nitrogens with two attached hydrogens (primary N) is 1. The van der Waals surface area contributed by atoms with Crippen molar-refractivity contribution in [3.8, 4) is 0 Å². The van der Waals surface area contributed by atoms with E-state index in [9.17, 15) is 13.2 Å². The zero-order valence-corrected chi connectivity index (χ0v) is 16.1. The van der Waals surface area contributed by atoms with Gasteiger partial charge in [0.25, 0.3) is 0 Å². The molecule has 1 aliphatic heterocycles. The molecule has 8 nitrogen and oxygen atoms in total. The van der Waals surface area contributed by atoms with Gasteiger partial charge < -0.3 is 15.2 Å². The van der Waals surface area contributed by atoms with Crippen LogP contribution in [0.1, 0.15) is 25.0 Å². The summed E-state index contributed by atoms with van der Waals surface area (Å²) < 4.78 is 31.1. The maximum absolute atomic E-state index is 12.9. The smallest absolute Gasteiger partial charge is 0.227 e. The van der Waals surface area contributed by atoms with Gasteiger partial charge >= 0.3 is 0 Å². The third-order valence-electron chi connectivity index (χ3n) is 6.03. The fraction of sp³-hybridized carbons (Fsp3) is 0.750. The first kappa shape index (κ1) is 19.6. The van der Waals surface area contributed by atoms with Gasteiger partial charge in [-0.05, 0) is 31.1 Å². The van der Waals surface area contributed by atoms with Crippen molar-refractivity contribution in [1.82, 2.24) is 14.4 Å². The Morgan fingerprint density at radius 1 is 1.23 bits per heavy atom. The molecular weight excluding hydrogens is 380 g/mol. The first-order chi connectivity index (χ1) is 12.0. The van der Waals surface area contributed by atoms with E-state index in [0.29, 0.717) is 43.7 Å². The molecular formula is C16H25ClN4O4S. The van der Waals surface area contributed by atoms with Crippen molar-refractivity contribution >= 4 is 28.3 Å². The molecule has 2 heterocycles. The predicted molar refractivity (Wildman–Crippen MR) is 96.8 cm³/mol. The van der Waals surface area contributed by atoms with E-state index in [1.807, 2.05) is 0 Å². The number of hydrogen-bond acceptors (Lipinski definition) is 6. The molecule has 10 heteroatoms. The standard InChI is InChI=1S/C16H24N4O4S.ClH/c17-15-12-2-1-11(9-12)14(15)16(21)19-4-6-20(7-5-19)25(22,23)10-13-3-8-24-18-13;/h3,8,11-12,14-15H,1-2,4-7,9-10,17H2;1H. The molecule has 4 atom stereocenters. The molecule has 4 rings (SSSR count). The van der Waals surface area contributed by atoms with Crippen LogP contribution in [0.5, 0.6) is 0 Å². The van der Waals surface area contributed by atoms with Crippen molar-refractivity contribution < 1.29 is 17.7 Å². The van der Waals surface area contributed by atoms with Crippen molar-refractivity contribution in [2.24, 2.45) is 23.5 Å². The van der Waals surface area contributed by atoms with E-state index >= 15 is 0 Å². The normalized spacial score (nSPS) is 31.8. The largest absolute Gasteiger partial charge is 0.364 e. The van der Waals surface area contributed by atoms with Gasteiger partial charge in [-0.1, -0.05) is 5.16 Å². The van der Waals surface area contributed by atoms with Crippen LogP contribution in [0.3, 0.4) is 0 Å². The Morgan fingerprint density at radius 3 is 2.50 bits per heavy atom. The number of aromatic nitrogens is 1. The number of fused-ring (bicyclic) bond motifs is 2. The topological polar surface area (TPSA) is 110 Å². The highest BCUT2D eigenvalue weighted by molar-refractivity contribution is 7.88. The molecule has 4 unspecified atom stereocenters. The quantitative estimate of drug-likeness (QED) is 0.779. The summed E-state index contributed by atoms with van der Waals surface area (Å²) in [5.41, 5.74) is 6.67. The highest BCUT2D eigenvalue weighted by atomic mass is 35.5. The van der Waals surface area contributed by atoms with Crippen LogP contribution in [0.2, 0.25) is 0 Å². The first-order valence-electron chi connectivity index (χ1n) is 8.87. The van der Waals surface area contributed by atoms with Crippen LogP contribution in [0.4, 0.5) is 0 Å². The molecule has 2 aliphatic carbocycles. The van der Waals surface area contributed by atoms with Gasteiger partial charge in [-0.15, -0.1) is 12.4 Å². The molecule has 2 saturated carbocycles. The Kier molecular flexibility index (Phi) is 5.62. The highest BCUT2D eigenvalue weighted by Crippen LogP contribution is 2.48. The van der Waals surface area contributed by atoms with Gasteiger partial charge in [0.15, 0.2) is 0 Å². The number of piperazine rings is 1. The minimum atomic E-state index is -3.45. The predicted octanol–water partition coefficient (Wildman–Crippen LogP) is 0.444. The van der Waals surface area contributed by atoms with E-state index in [1.54, 1.807) is 11.0 Å². The molecule has 0 radical (unpaired) electrons. The van der Waals surface area contributed by atoms with Gasteiger partial charge in [0.1, 0.15) is 12.0 Å². The van der Waals surface area contributed by atoms with Gasteiger partial charge in [-0.2, -0.15) is 4.31 Å². The van der Waals surface area contributed by atoms with E-state index in [0.717, 1.165) is 19.3 Å². The number of amides is 1. The second kappa shape index (κ2) is 7.46. The van der Waals surface area contributed by atoms with Crippen molar-refractivity contribution in [1.29, 1.82) is 0 Å². The second-order valence-corrected chi connectivity index (χ2v) is 9.38. The van der Waals surface area contributed by atoms with Gasteiger partial charge in [0.05, 0.1) is 11.6 Å². The van der Waals surface area contributed by atoms with E-state index < -0.39 is 10.0 Å². The van der Waals surface area contributed by atoms with Crippen LogP contribution in [-0.4, -0.2) is 60.9 Å². The highest BCUT2D eigenvalue weighted by Gasteiger charge is 2.50. The van der Waals surface area contributed by atoms with Gasteiger partial charge in [0, 0.05) is 38.3 Å². The monoisotopic (exact) mass is 404 g/mol. The van der Waals surface area contributed by atoms with Crippen LogP contribution in [-0.2, 0) is 20.6 Å². The van der Waals surface area contributed by atoms with Crippen molar-refractivity contribution in [2.75, 3.05) is 26.2 Å². The Hall–Kier alpha value is -1.16. The molecule has 2 bridgehead atoms. The van der Waals surface area contributed by atoms with Crippen LogP contribution >= 0.6 is 12.4 Å². The number of carbonyl (C=O) groups is 1. The molecule has 26 heavy (non-hydrogen) atoms. The maximum atomic E-state index is 12.9. The zero-order chi connectivity index (χ0) is 17.6. The average Bonchev–Trinajstić information content (AvgIpc) is 3.32. The third kappa shape index (κ3) is 3.49. The summed E-state index contributed by atoms with van der Waals surface area (Å²) in [6.07, 6.45) is 4.67. The average molecular weight is 405 g/mol. The molecule has 1 aromatic heterocycles. The number of hydrogen-bond donors (Lipinski definition) is 1. The minimum absolute atomic E-state index is 0. The van der Waals surface area contributed by atoms with Crippen LogP contribution < -0.4 is 5.73 Å². The summed E-state index contributed by atoms with van der Waals surface area (Å²) in [4.78, 5) is 14.7. The molecule has 1 saturated heterocycles. The molecule has 146 valence electrons. The minimum Gasteiger partial charge on any atom is -0.364 e. The van der Waals surface area contributed by atoms with Crippen LogP contribution in [0.15, 0.2) is 16.9 Å². The second-order valence-electron chi connectivity index (χ2n) is 7.41. The Bertz CT molecular complexity index is 731. The van der Waals surface area contributed by atoms with Crippen molar-refractivity contribution in [2.45, 2.75) is 31.1 Å². The number of nitrogens with zero attached hydrogens (tertiary/aromatic N) is 3. The number of sulfonamides is 1.